The third-order valence-electron chi connectivity index (χ3n) is 5.13. The van der Waals surface area contributed by atoms with E-state index in [1.807, 2.05) is 60.7 Å². The van der Waals surface area contributed by atoms with Gasteiger partial charge in [0.2, 0.25) is 0 Å². The fraction of sp³-hybridized carbons (Fsp3) is 0.231. The summed E-state index contributed by atoms with van der Waals surface area (Å²) in [6.45, 7) is 1.33. The molecule has 1 heterocycles. The quantitative estimate of drug-likeness (QED) is 0.406. The standard InChI is InChI=1S/C26H24ClFO3/c27-23-12-7-13-24(28)22(23)14-21-15-25(30-17-20-10-5-2-6-11-20)26(31-21)18-29-16-19-8-3-1-4-9-19/h1-14,25-26H,15-18H2/b21-14+/t25-,26+/m0/s1. The molecule has 0 spiro atoms. The molecule has 0 N–H and O–H groups in total. The van der Waals surface area contributed by atoms with E-state index >= 15 is 0 Å². The Kier molecular flexibility index (Phi) is 7.36. The maximum Gasteiger partial charge on any atom is 0.148 e. The summed E-state index contributed by atoms with van der Waals surface area (Å²) in [5.41, 5.74) is 2.50. The number of benzene rings is 3. The van der Waals surface area contributed by atoms with Crippen LogP contribution in [0, 0.1) is 5.82 Å². The van der Waals surface area contributed by atoms with Gasteiger partial charge in [0, 0.05) is 12.0 Å². The lowest BCUT2D eigenvalue weighted by Crippen LogP contribution is -2.29. The Morgan fingerprint density at radius 2 is 1.58 bits per heavy atom. The molecule has 2 atom stereocenters. The zero-order valence-corrected chi connectivity index (χ0v) is 17.8. The van der Waals surface area contributed by atoms with Gasteiger partial charge in [-0.05, 0) is 29.3 Å². The number of ether oxygens (including phenoxy) is 3. The van der Waals surface area contributed by atoms with E-state index in [0.29, 0.717) is 42.6 Å². The van der Waals surface area contributed by atoms with E-state index in [1.165, 1.54) is 6.07 Å². The number of hydrogen-bond donors (Lipinski definition) is 0. The fourth-order valence-corrected chi connectivity index (χ4v) is 3.72. The molecule has 3 nitrogen and oxygen atoms in total. The van der Waals surface area contributed by atoms with Crippen molar-refractivity contribution < 1.29 is 18.6 Å². The van der Waals surface area contributed by atoms with Gasteiger partial charge in [0.1, 0.15) is 23.8 Å². The summed E-state index contributed by atoms with van der Waals surface area (Å²) in [5.74, 6) is 0.257. The van der Waals surface area contributed by atoms with Crippen LogP contribution in [0.3, 0.4) is 0 Å². The van der Waals surface area contributed by atoms with Crippen molar-refractivity contribution in [2.75, 3.05) is 6.61 Å². The molecule has 0 aliphatic carbocycles. The van der Waals surface area contributed by atoms with E-state index < -0.39 is 0 Å². The Morgan fingerprint density at radius 1 is 0.903 bits per heavy atom. The molecule has 0 saturated carbocycles. The normalized spacial score (nSPS) is 19.5. The molecule has 0 radical (unpaired) electrons. The summed E-state index contributed by atoms with van der Waals surface area (Å²) in [4.78, 5) is 0. The van der Waals surface area contributed by atoms with Gasteiger partial charge in [-0.15, -0.1) is 0 Å². The van der Waals surface area contributed by atoms with Crippen molar-refractivity contribution in [2.45, 2.75) is 31.8 Å². The monoisotopic (exact) mass is 438 g/mol. The SMILES string of the molecule is Fc1cccc(Cl)c1/C=C1\C[C@H](OCc2ccccc2)[C@@H](COCc2ccccc2)O1. The van der Waals surface area contributed by atoms with Crippen molar-refractivity contribution in [1.29, 1.82) is 0 Å². The minimum atomic E-state index is -0.380. The molecule has 0 bridgehead atoms. The third kappa shape index (κ3) is 5.95. The van der Waals surface area contributed by atoms with Crippen LogP contribution < -0.4 is 0 Å². The number of halogens is 2. The van der Waals surface area contributed by atoms with Crippen molar-refractivity contribution >= 4 is 17.7 Å². The molecule has 0 aromatic heterocycles. The Morgan fingerprint density at radius 3 is 2.26 bits per heavy atom. The van der Waals surface area contributed by atoms with Crippen LogP contribution in [0.5, 0.6) is 0 Å². The molecule has 3 aromatic carbocycles. The van der Waals surface area contributed by atoms with Crippen LogP contribution in [0.1, 0.15) is 23.1 Å². The first-order chi connectivity index (χ1) is 15.2. The van der Waals surface area contributed by atoms with Gasteiger partial charge < -0.3 is 14.2 Å². The van der Waals surface area contributed by atoms with Crippen molar-refractivity contribution in [2.24, 2.45) is 0 Å². The van der Waals surface area contributed by atoms with Gasteiger partial charge in [-0.25, -0.2) is 4.39 Å². The molecular formula is C26H24ClFO3. The van der Waals surface area contributed by atoms with Crippen molar-refractivity contribution in [3.05, 3.63) is 112 Å². The van der Waals surface area contributed by atoms with Crippen LogP contribution in [0.25, 0.3) is 6.08 Å². The van der Waals surface area contributed by atoms with E-state index in [0.717, 1.165) is 11.1 Å². The topological polar surface area (TPSA) is 27.7 Å². The first-order valence-corrected chi connectivity index (χ1v) is 10.7. The highest BCUT2D eigenvalue weighted by atomic mass is 35.5. The lowest BCUT2D eigenvalue weighted by Gasteiger charge is -2.19. The second-order valence-corrected chi connectivity index (χ2v) is 7.85. The smallest absolute Gasteiger partial charge is 0.148 e. The first kappa shape index (κ1) is 21.6. The molecular weight excluding hydrogens is 415 g/mol. The molecule has 3 aromatic rings. The lowest BCUT2D eigenvalue weighted by atomic mass is 10.1. The summed E-state index contributed by atoms with van der Waals surface area (Å²) in [7, 11) is 0. The summed E-state index contributed by atoms with van der Waals surface area (Å²) in [6, 6.07) is 24.6. The van der Waals surface area contributed by atoms with E-state index in [2.05, 4.69) is 0 Å². The van der Waals surface area contributed by atoms with Gasteiger partial charge in [0.05, 0.1) is 24.8 Å². The molecule has 5 heteroatoms. The van der Waals surface area contributed by atoms with Crippen molar-refractivity contribution in [3.8, 4) is 0 Å². The highest BCUT2D eigenvalue weighted by Crippen LogP contribution is 2.31. The van der Waals surface area contributed by atoms with Gasteiger partial charge >= 0.3 is 0 Å². The highest BCUT2D eigenvalue weighted by Gasteiger charge is 2.33. The van der Waals surface area contributed by atoms with Crippen LogP contribution in [0.4, 0.5) is 4.39 Å². The summed E-state index contributed by atoms with van der Waals surface area (Å²) in [5, 5.41) is 0.349. The average molecular weight is 439 g/mol. The average Bonchev–Trinajstić information content (AvgIpc) is 3.18. The Bertz CT molecular complexity index is 987. The van der Waals surface area contributed by atoms with E-state index in [1.54, 1.807) is 18.2 Å². The second-order valence-electron chi connectivity index (χ2n) is 7.44. The predicted molar refractivity (Wildman–Crippen MR) is 120 cm³/mol. The molecule has 0 amide bonds. The molecule has 160 valence electrons. The maximum atomic E-state index is 14.2. The van der Waals surface area contributed by atoms with Crippen molar-refractivity contribution in [3.63, 3.8) is 0 Å². The molecule has 1 fully saturated rings. The van der Waals surface area contributed by atoms with Crippen LogP contribution in [0.2, 0.25) is 5.02 Å². The fourth-order valence-electron chi connectivity index (χ4n) is 3.50. The van der Waals surface area contributed by atoms with Gasteiger partial charge in [0.15, 0.2) is 0 Å². The van der Waals surface area contributed by atoms with Gasteiger partial charge in [-0.3, -0.25) is 0 Å². The molecule has 1 saturated heterocycles. The van der Waals surface area contributed by atoms with Crippen LogP contribution in [0.15, 0.2) is 84.6 Å². The Hall–Kier alpha value is -2.66. The third-order valence-corrected chi connectivity index (χ3v) is 5.45. The summed E-state index contributed by atoms with van der Waals surface area (Å²) >= 11 is 6.18. The summed E-state index contributed by atoms with van der Waals surface area (Å²) < 4.78 is 32.4. The number of hydrogen-bond acceptors (Lipinski definition) is 3. The Labute approximate surface area is 187 Å². The molecule has 1 aliphatic rings. The van der Waals surface area contributed by atoms with Crippen LogP contribution >= 0.6 is 11.6 Å². The minimum absolute atomic E-state index is 0.201. The second kappa shape index (κ2) is 10.6. The number of rotatable bonds is 8. The Balaban J connectivity index is 1.45. The molecule has 1 aliphatic heterocycles. The predicted octanol–water partition coefficient (Wildman–Crippen LogP) is 6.41. The van der Waals surface area contributed by atoms with Gasteiger partial charge in [0.25, 0.3) is 0 Å². The first-order valence-electron chi connectivity index (χ1n) is 10.3. The van der Waals surface area contributed by atoms with Gasteiger partial charge in [-0.1, -0.05) is 78.3 Å². The van der Waals surface area contributed by atoms with E-state index in [4.69, 9.17) is 25.8 Å². The largest absolute Gasteiger partial charge is 0.489 e. The van der Waals surface area contributed by atoms with Gasteiger partial charge in [-0.2, -0.15) is 0 Å². The highest BCUT2D eigenvalue weighted by molar-refractivity contribution is 6.32. The van der Waals surface area contributed by atoms with E-state index in [9.17, 15) is 4.39 Å². The van der Waals surface area contributed by atoms with E-state index in [-0.39, 0.29) is 18.0 Å². The minimum Gasteiger partial charge on any atom is -0.489 e. The zero-order valence-electron chi connectivity index (χ0n) is 17.0. The zero-order chi connectivity index (χ0) is 21.5. The van der Waals surface area contributed by atoms with Crippen LogP contribution in [-0.4, -0.2) is 18.8 Å². The molecule has 0 unspecified atom stereocenters. The van der Waals surface area contributed by atoms with Crippen molar-refractivity contribution in [1.82, 2.24) is 0 Å². The molecule has 4 rings (SSSR count). The van der Waals surface area contributed by atoms with Crippen LogP contribution in [-0.2, 0) is 27.4 Å². The summed E-state index contributed by atoms with van der Waals surface area (Å²) in [6.07, 6.45) is 1.70. The lowest BCUT2D eigenvalue weighted by molar-refractivity contribution is -0.0528. The maximum absolute atomic E-state index is 14.2. The molecule has 31 heavy (non-hydrogen) atoms.